The van der Waals surface area contributed by atoms with Crippen molar-refractivity contribution in [2.45, 2.75) is 6.42 Å². The Kier molecular flexibility index (Phi) is 6.74. The lowest BCUT2D eigenvalue weighted by Crippen LogP contribution is -2.24. The molecular formula is C23H18FN3O3. The predicted molar refractivity (Wildman–Crippen MR) is 114 cm³/mol. The van der Waals surface area contributed by atoms with E-state index in [0.717, 1.165) is 10.8 Å². The van der Waals surface area contributed by atoms with Gasteiger partial charge in [-0.05, 0) is 41.1 Å². The quantitative estimate of drug-likeness (QED) is 0.274. The number of benzene rings is 3. The van der Waals surface area contributed by atoms with Crippen molar-refractivity contribution in [1.82, 2.24) is 5.43 Å². The van der Waals surface area contributed by atoms with Gasteiger partial charge in [0, 0.05) is 11.3 Å². The first-order valence-electron chi connectivity index (χ1n) is 9.02. The molecule has 3 aromatic carbocycles. The van der Waals surface area contributed by atoms with Crippen LogP contribution in [0.3, 0.4) is 0 Å². The van der Waals surface area contributed by atoms with Crippen LogP contribution in [-0.2, 0) is 9.59 Å². The van der Waals surface area contributed by atoms with Gasteiger partial charge in [0.25, 0.3) is 0 Å². The molecule has 30 heavy (non-hydrogen) atoms. The summed E-state index contributed by atoms with van der Waals surface area (Å²) in [7, 11) is 0. The van der Waals surface area contributed by atoms with Crippen molar-refractivity contribution in [2.75, 3.05) is 11.9 Å². The number of nitrogens with zero attached hydrogens (tertiary/aromatic N) is 1. The topological polar surface area (TPSA) is 79.8 Å². The van der Waals surface area contributed by atoms with Crippen molar-refractivity contribution in [3.63, 3.8) is 0 Å². The number of fused-ring (bicyclic) bond motifs is 1. The second-order valence-electron chi connectivity index (χ2n) is 6.22. The van der Waals surface area contributed by atoms with E-state index in [0.29, 0.717) is 17.0 Å². The number of hydrogen-bond acceptors (Lipinski definition) is 4. The maximum atomic E-state index is 12.9. The minimum absolute atomic E-state index is 0.0924. The average molecular weight is 403 g/mol. The number of carbonyl (C=O) groups excluding carboxylic acids is 2. The SMILES string of the molecule is C#CCOc1ccc2ccccc2c1C=NNC(=O)CC(=O)Nc1ccc(F)cc1. The summed E-state index contributed by atoms with van der Waals surface area (Å²) < 4.78 is 18.5. The van der Waals surface area contributed by atoms with Gasteiger partial charge in [-0.3, -0.25) is 9.59 Å². The van der Waals surface area contributed by atoms with Crippen LogP contribution in [0, 0.1) is 18.2 Å². The second-order valence-corrected chi connectivity index (χ2v) is 6.22. The molecule has 3 rings (SSSR count). The van der Waals surface area contributed by atoms with Crippen LogP contribution in [0.25, 0.3) is 10.8 Å². The van der Waals surface area contributed by atoms with Gasteiger partial charge in [-0.25, -0.2) is 9.82 Å². The van der Waals surface area contributed by atoms with Crippen LogP contribution in [0.2, 0.25) is 0 Å². The summed E-state index contributed by atoms with van der Waals surface area (Å²) in [6.45, 7) is 0.0924. The van der Waals surface area contributed by atoms with Crippen LogP contribution in [0.15, 0.2) is 65.8 Å². The van der Waals surface area contributed by atoms with Crippen LogP contribution in [0.1, 0.15) is 12.0 Å². The van der Waals surface area contributed by atoms with Gasteiger partial charge < -0.3 is 10.1 Å². The Balaban J connectivity index is 1.66. The molecule has 3 aromatic rings. The molecule has 0 aromatic heterocycles. The number of amides is 2. The monoisotopic (exact) mass is 403 g/mol. The molecule has 2 amide bonds. The van der Waals surface area contributed by atoms with Gasteiger partial charge in [0.15, 0.2) is 0 Å². The number of terminal acetylenes is 1. The first-order chi connectivity index (χ1) is 14.6. The lowest BCUT2D eigenvalue weighted by atomic mass is 10.0. The number of halogens is 1. The van der Waals surface area contributed by atoms with Crippen LogP contribution in [-0.4, -0.2) is 24.6 Å². The van der Waals surface area contributed by atoms with Gasteiger partial charge in [-0.15, -0.1) is 6.42 Å². The Hall–Kier alpha value is -4.18. The molecule has 7 heteroatoms. The van der Waals surface area contributed by atoms with Gasteiger partial charge in [0.2, 0.25) is 11.8 Å². The zero-order chi connectivity index (χ0) is 21.3. The lowest BCUT2D eigenvalue weighted by molar-refractivity contribution is -0.126. The first-order valence-corrected chi connectivity index (χ1v) is 9.02. The van der Waals surface area contributed by atoms with Crippen LogP contribution in [0.4, 0.5) is 10.1 Å². The maximum Gasteiger partial charge on any atom is 0.249 e. The number of anilines is 1. The number of rotatable bonds is 7. The van der Waals surface area contributed by atoms with Gasteiger partial charge in [0.05, 0.1) is 6.21 Å². The van der Waals surface area contributed by atoms with Gasteiger partial charge >= 0.3 is 0 Å². The highest BCUT2D eigenvalue weighted by molar-refractivity contribution is 6.05. The normalized spacial score (nSPS) is 10.5. The summed E-state index contributed by atoms with van der Waals surface area (Å²) in [6, 6.07) is 16.5. The van der Waals surface area contributed by atoms with Crippen LogP contribution >= 0.6 is 0 Å². The van der Waals surface area contributed by atoms with E-state index in [2.05, 4.69) is 21.8 Å². The van der Waals surface area contributed by atoms with Crippen molar-refractivity contribution in [3.8, 4) is 18.1 Å². The summed E-state index contributed by atoms with van der Waals surface area (Å²) in [5.41, 5.74) is 3.36. The molecule has 2 N–H and O–H groups in total. The molecule has 0 atom stereocenters. The van der Waals surface area contributed by atoms with Crippen LogP contribution < -0.4 is 15.5 Å². The Morgan fingerprint density at radius 1 is 1.07 bits per heavy atom. The van der Waals surface area contributed by atoms with E-state index in [-0.39, 0.29) is 6.61 Å². The highest BCUT2D eigenvalue weighted by Crippen LogP contribution is 2.26. The Morgan fingerprint density at radius 3 is 2.60 bits per heavy atom. The van der Waals surface area contributed by atoms with Crippen molar-refractivity contribution in [1.29, 1.82) is 0 Å². The zero-order valence-corrected chi connectivity index (χ0v) is 15.9. The van der Waals surface area contributed by atoms with Gasteiger partial charge in [-0.2, -0.15) is 5.10 Å². The fraction of sp³-hybridized carbons (Fsp3) is 0.0870. The fourth-order valence-corrected chi connectivity index (χ4v) is 2.75. The maximum absolute atomic E-state index is 12.9. The highest BCUT2D eigenvalue weighted by atomic mass is 19.1. The van der Waals surface area contributed by atoms with Gasteiger partial charge in [-0.1, -0.05) is 36.3 Å². The molecule has 0 saturated carbocycles. The van der Waals surface area contributed by atoms with E-state index in [1.807, 2.05) is 30.3 Å². The van der Waals surface area contributed by atoms with E-state index in [1.165, 1.54) is 30.5 Å². The minimum Gasteiger partial charge on any atom is -0.480 e. The lowest BCUT2D eigenvalue weighted by Gasteiger charge is -2.10. The second kappa shape index (κ2) is 9.85. The van der Waals surface area contributed by atoms with Gasteiger partial charge in [0.1, 0.15) is 24.6 Å². The number of carbonyl (C=O) groups is 2. The zero-order valence-electron chi connectivity index (χ0n) is 15.9. The first kappa shape index (κ1) is 20.6. The third-order valence-electron chi connectivity index (χ3n) is 4.07. The molecule has 0 aliphatic rings. The standard InChI is InChI=1S/C23H18FN3O3/c1-2-13-30-21-12-7-16-5-3-4-6-19(16)20(21)15-25-27-23(29)14-22(28)26-18-10-8-17(24)9-11-18/h1,3-12,15H,13-14H2,(H,26,28)(H,27,29). The molecule has 0 aliphatic heterocycles. The Bertz CT molecular complexity index is 1130. The molecule has 0 aliphatic carbocycles. The molecule has 150 valence electrons. The smallest absolute Gasteiger partial charge is 0.249 e. The number of hydrogen-bond donors (Lipinski definition) is 2. The minimum atomic E-state index is -0.600. The molecule has 0 heterocycles. The number of ether oxygens (including phenoxy) is 1. The Labute approximate surface area is 172 Å². The van der Waals surface area contributed by atoms with E-state index < -0.39 is 24.1 Å². The molecule has 6 nitrogen and oxygen atoms in total. The Morgan fingerprint density at radius 2 is 1.83 bits per heavy atom. The average Bonchev–Trinajstić information content (AvgIpc) is 2.74. The van der Waals surface area contributed by atoms with Crippen molar-refractivity contribution in [3.05, 3.63) is 72.0 Å². The van der Waals surface area contributed by atoms with Crippen LogP contribution in [0.5, 0.6) is 5.75 Å². The number of hydrazone groups is 1. The summed E-state index contributed by atoms with van der Waals surface area (Å²) in [4.78, 5) is 23.9. The van der Waals surface area contributed by atoms with E-state index in [4.69, 9.17) is 11.2 Å². The summed E-state index contributed by atoms with van der Waals surface area (Å²) >= 11 is 0. The van der Waals surface area contributed by atoms with Crippen molar-refractivity contribution >= 4 is 34.5 Å². The third kappa shape index (κ3) is 5.42. The molecule has 0 saturated heterocycles. The third-order valence-corrected chi connectivity index (χ3v) is 4.07. The summed E-state index contributed by atoms with van der Waals surface area (Å²) in [5.74, 6) is 1.37. The largest absolute Gasteiger partial charge is 0.480 e. The molecule has 0 unspecified atom stereocenters. The van der Waals surface area contributed by atoms with E-state index in [1.54, 1.807) is 6.07 Å². The predicted octanol–water partition coefficient (Wildman–Crippen LogP) is 3.47. The summed E-state index contributed by atoms with van der Waals surface area (Å²) in [5, 5.41) is 8.30. The van der Waals surface area contributed by atoms with E-state index >= 15 is 0 Å². The molecular weight excluding hydrogens is 385 g/mol. The summed E-state index contributed by atoms with van der Waals surface area (Å²) in [6.07, 6.45) is 6.27. The van der Waals surface area contributed by atoms with Crippen molar-refractivity contribution < 1.29 is 18.7 Å². The van der Waals surface area contributed by atoms with E-state index in [9.17, 15) is 14.0 Å². The van der Waals surface area contributed by atoms with Crippen molar-refractivity contribution in [2.24, 2.45) is 5.10 Å². The fourth-order valence-electron chi connectivity index (χ4n) is 2.75. The molecule has 0 bridgehead atoms. The molecule has 0 spiro atoms. The number of nitrogens with one attached hydrogen (secondary N) is 2. The highest BCUT2D eigenvalue weighted by Gasteiger charge is 2.10. The molecule has 0 radical (unpaired) electrons. The molecule has 0 fully saturated rings.